The minimum atomic E-state index is -0.377. The monoisotopic (exact) mass is 344 g/mol. The number of ether oxygens (including phenoxy) is 1. The van der Waals surface area contributed by atoms with Gasteiger partial charge in [0.1, 0.15) is 0 Å². The van der Waals surface area contributed by atoms with E-state index in [9.17, 15) is 9.59 Å². The highest BCUT2D eigenvalue weighted by atomic mass is 16.5. The Hall–Kier alpha value is -2.14. The number of benzene rings is 1. The van der Waals surface area contributed by atoms with Crippen molar-refractivity contribution in [3.8, 4) is 0 Å². The van der Waals surface area contributed by atoms with E-state index in [-0.39, 0.29) is 23.8 Å². The van der Waals surface area contributed by atoms with E-state index in [4.69, 9.17) is 0 Å². The van der Waals surface area contributed by atoms with Crippen molar-refractivity contribution in [2.45, 2.75) is 39.3 Å². The molecule has 0 radical (unpaired) electrons. The Morgan fingerprint density at radius 2 is 2.00 bits per heavy atom. The van der Waals surface area contributed by atoms with Crippen molar-refractivity contribution in [2.75, 3.05) is 20.2 Å². The maximum Gasteiger partial charge on any atom is 0.330 e. The molecule has 1 N–H and O–H groups in total. The first-order valence-electron chi connectivity index (χ1n) is 8.86. The maximum absolute atomic E-state index is 12.7. The third-order valence-electron chi connectivity index (χ3n) is 4.52. The van der Waals surface area contributed by atoms with Crippen LogP contribution in [0, 0.1) is 5.92 Å². The first kappa shape index (κ1) is 19.2. The fourth-order valence-electron chi connectivity index (χ4n) is 3.28. The van der Waals surface area contributed by atoms with Crippen LogP contribution < -0.4 is 5.32 Å². The van der Waals surface area contributed by atoms with Gasteiger partial charge in [-0.3, -0.25) is 9.69 Å². The quantitative estimate of drug-likeness (QED) is 0.468. The van der Waals surface area contributed by atoms with Crippen LogP contribution in [0.15, 0.2) is 36.4 Å². The minimum absolute atomic E-state index is 0.0563. The summed E-state index contributed by atoms with van der Waals surface area (Å²) in [6, 6.07) is 8.31. The molecule has 0 spiro atoms. The second kappa shape index (κ2) is 9.37. The van der Waals surface area contributed by atoms with E-state index in [0.717, 1.165) is 19.5 Å². The number of amides is 1. The van der Waals surface area contributed by atoms with Gasteiger partial charge in [-0.1, -0.05) is 44.2 Å². The van der Waals surface area contributed by atoms with E-state index in [0.29, 0.717) is 13.0 Å². The summed E-state index contributed by atoms with van der Waals surface area (Å²) in [6.07, 6.45) is 4.68. The van der Waals surface area contributed by atoms with Crippen molar-refractivity contribution in [1.82, 2.24) is 10.2 Å². The number of carbonyl (C=O) groups excluding carboxylic acids is 2. The zero-order valence-electron chi connectivity index (χ0n) is 15.3. The average molecular weight is 344 g/mol. The highest BCUT2D eigenvalue weighted by Gasteiger charge is 2.30. The lowest BCUT2D eigenvalue weighted by atomic mass is 9.94. The van der Waals surface area contributed by atoms with Crippen molar-refractivity contribution in [2.24, 2.45) is 5.92 Å². The van der Waals surface area contributed by atoms with E-state index >= 15 is 0 Å². The van der Waals surface area contributed by atoms with Crippen LogP contribution in [-0.4, -0.2) is 43.0 Å². The molecule has 0 fully saturated rings. The van der Waals surface area contributed by atoms with Gasteiger partial charge in [0.2, 0.25) is 5.91 Å². The van der Waals surface area contributed by atoms with E-state index in [1.807, 2.05) is 0 Å². The third-order valence-corrected chi connectivity index (χ3v) is 4.52. The number of nitrogens with zero attached hydrogens (tertiary/aromatic N) is 1. The molecular weight excluding hydrogens is 316 g/mol. The van der Waals surface area contributed by atoms with Crippen molar-refractivity contribution >= 4 is 11.9 Å². The number of nitrogens with one attached hydrogen (secondary N) is 1. The molecule has 2 rings (SSSR count). The summed E-state index contributed by atoms with van der Waals surface area (Å²) in [6.45, 7) is 6.40. The Labute approximate surface area is 150 Å². The molecule has 1 heterocycles. The number of fused-ring (bicyclic) bond motifs is 1. The first-order chi connectivity index (χ1) is 12.0. The SMILES string of the molecule is COC(=O)/C=C/CCNC(=O)C(C(C)C)N1CCc2ccccc2C1. The van der Waals surface area contributed by atoms with Crippen LogP contribution in [0.5, 0.6) is 0 Å². The lowest BCUT2D eigenvalue weighted by Gasteiger charge is -2.36. The fraction of sp³-hybridized carbons (Fsp3) is 0.500. The van der Waals surface area contributed by atoms with Crippen LogP contribution in [0.3, 0.4) is 0 Å². The average Bonchev–Trinajstić information content (AvgIpc) is 2.61. The molecule has 1 aliphatic rings. The second-order valence-corrected chi connectivity index (χ2v) is 6.68. The minimum Gasteiger partial charge on any atom is -0.466 e. The molecule has 0 aromatic heterocycles. The Bertz CT molecular complexity index is 625. The lowest BCUT2D eigenvalue weighted by Crippen LogP contribution is -2.51. The predicted octanol–water partition coefficient (Wildman–Crippen LogP) is 2.30. The highest BCUT2D eigenvalue weighted by molar-refractivity contribution is 5.82. The maximum atomic E-state index is 12.7. The normalized spacial score (nSPS) is 15.8. The fourth-order valence-corrected chi connectivity index (χ4v) is 3.28. The van der Waals surface area contributed by atoms with Gasteiger partial charge in [0.25, 0.3) is 0 Å². The van der Waals surface area contributed by atoms with Crippen LogP contribution in [0.2, 0.25) is 0 Å². The molecule has 1 atom stereocenters. The van der Waals surface area contributed by atoms with Crippen molar-refractivity contribution in [3.05, 3.63) is 47.5 Å². The second-order valence-electron chi connectivity index (χ2n) is 6.68. The van der Waals surface area contributed by atoms with Crippen molar-refractivity contribution < 1.29 is 14.3 Å². The number of hydrogen-bond acceptors (Lipinski definition) is 4. The van der Waals surface area contributed by atoms with Gasteiger partial charge in [0.15, 0.2) is 0 Å². The van der Waals surface area contributed by atoms with Crippen LogP contribution in [-0.2, 0) is 27.3 Å². The van der Waals surface area contributed by atoms with Gasteiger partial charge >= 0.3 is 5.97 Å². The third kappa shape index (κ3) is 5.43. The summed E-state index contributed by atoms with van der Waals surface area (Å²) in [5, 5.41) is 2.99. The van der Waals surface area contributed by atoms with Gasteiger partial charge in [-0.15, -0.1) is 0 Å². The Morgan fingerprint density at radius 3 is 2.68 bits per heavy atom. The molecule has 0 saturated heterocycles. The number of rotatable bonds is 7. The summed E-state index contributed by atoms with van der Waals surface area (Å²) in [7, 11) is 1.35. The molecule has 136 valence electrons. The molecule has 0 saturated carbocycles. The van der Waals surface area contributed by atoms with E-state index in [1.165, 1.54) is 24.3 Å². The summed E-state index contributed by atoms with van der Waals surface area (Å²) in [5.41, 5.74) is 2.70. The zero-order chi connectivity index (χ0) is 18.2. The molecule has 0 bridgehead atoms. The van der Waals surface area contributed by atoms with Gasteiger partial charge in [-0.25, -0.2) is 4.79 Å². The van der Waals surface area contributed by atoms with Crippen LogP contribution in [0.4, 0.5) is 0 Å². The van der Waals surface area contributed by atoms with Gasteiger partial charge in [0, 0.05) is 25.7 Å². The van der Waals surface area contributed by atoms with Crippen LogP contribution >= 0.6 is 0 Å². The Morgan fingerprint density at radius 1 is 1.28 bits per heavy atom. The van der Waals surface area contributed by atoms with Gasteiger partial charge in [-0.05, 0) is 29.9 Å². The smallest absolute Gasteiger partial charge is 0.330 e. The standard InChI is InChI=1S/C20H28N2O3/c1-15(2)19(20(24)21-12-7-6-10-18(23)25-3)22-13-11-16-8-4-5-9-17(16)14-22/h4-6,8-10,15,19H,7,11-14H2,1-3H3,(H,21,24)/b10-6+. The largest absolute Gasteiger partial charge is 0.466 e. The molecule has 25 heavy (non-hydrogen) atoms. The molecule has 5 nitrogen and oxygen atoms in total. The van der Waals surface area contributed by atoms with Gasteiger partial charge in [-0.2, -0.15) is 0 Å². The number of esters is 1. The highest BCUT2D eigenvalue weighted by Crippen LogP contribution is 2.23. The van der Waals surface area contributed by atoms with Crippen molar-refractivity contribution in [3.63, 3.8) is 0 Å². The van der Waals surface area contributed by atoms with Gasteiger partial charge in [0.05, 0.1) is 13.2 Å². The predicted molar refractivity (Wildman–Crippen MR) is 98.0 cm³/mol. The van der Waals surface area contributed by atoms with E-state index in [1.54, 1.807) is 6.08 Å². The molecule has 1 unspecified atom stereocenters. The molecule has 1 aromatic carbocycles. The molecule has 1 aromatic rings. The number of methoxy groups -OCH3 is 1. The molecule has 5 heteroatoms. The molecule has 1 amide bonds. The van der Waals surface area contributed by atoms with E-state index < -0.39 is 0 Å². The molecular formula is C20H28N2O3. The first-order valence-corrected chi connectivity index (χ1v) is 8.86. The lowest BCUT2D eigenvalue weighted by molar-refractivity contribution is -0.134. The van der Waals surface area contributed by atoms with Crippen LogP contribution in [0.25, 0.3) is 0 Å². The summed E-state index contributed by atoms with van der Waals surface area (Å²) in [5.74, 6) is -0.0879. The van der Waals surface area contributed by atoms with E-state index in [2.05, 4.69) is 53.1 Å². The molecule has 0 aliphatic carbocycles. The zero-order valence-corrected chi connectivity index (χ0v) is 15.3. The number of hydrogen-bond donors (Lipinski definition) is 1. The Balaban J connectivity index is 1.91. The van der Waals surface area contributed by atoms with Crippen molar-refractivity contribution in [1.29, 1.82) is 0 Å². The Kier molecular flexibility index (Phi) is 7.19. The summed E-state index contributed by atoms with van der Waals surface area (Å²) < 4.78 is 4.54. The topological polar surface area (TPSA) is 58.6 Å². The van der Waals surface area contributed by atoms with Crippen LogP contribution in [0.1, 0.15) is 31.4 Å². The number of carbonyl (C=O) groups is 2. The molecule has 1 aliphatic heterocycles. The summed E-state index contributed by atoms with van der Waals surface area (Å²) >= 11 is 0. The van der Waals surface area contributed by atoms with Gasteiger partial charge < -0.3 is 10.1 Å². The summed E-state index contributed by atoms with van der Waals surface area (Å²) in [4.78, 5) is 26.0.